The molecule has 0 spiro atoms. The number of thioether (sulfide) groups is 1. The summed E-state index contributed by atoms with van der Waals surface area (Å²) in [6, 6.07) is 4.73. The van der Waals surface area contributed by atoms with E-state index < -0.39 is 0 Å². The summed E-state index contributed by atoms with van der Waals surface area (Å²) in [6.45, 7) is 6.56. The lowest BCUT2D eigenvalue weighted by atomic mass is 10.1. The van der Waals surface area contributed by atoms with Gasteiger partial charge in [-0.1, -0.05) is 6.92 Å². The first-order valence-corrected chi connectivity index (χ1v) is 7.67. The third kappa shape index (κ3) is 3.12. The molecule has 0 aromatic heterocycles. The first kappa shape index (κ1) is 13.6. The smallest absolute Gasteiger partial charge is 0.162 e. The molecule has 0 saturated heterocycles. The van der Waals surface area contributed by atoms with E-state index in [1.54, 1.807) is 11.8 Å². The van der Waals surface area contributed by atoms with Gasteiger partial charge in [-0.3, -0.25) is 0 Å². The van der Waals surface area contributed by atoms with E-state index in [1.165, 1.54) is 10.5 Å². The summed E-state index contributed by atoms with van der Waals surface area (Å²) in [5.41, 5.74) is 1.28. The van der Waals surface area contributed by atoms with Crippen molar-refractivity contribution < 1.29 is 9.47 Å². The molecule has 1 atom stereocenters. The van der Waals surface area contributed by atoms with Gasteiger partial charge in [0.1, 0.15) is 13.2 Å². The zero-order valence-electron chi connectivity index (χ0n) is 11.3. The molecule has 1 aliphatic rings. The third-order valence-electron chi connectivity index (χ3n) is 3.20. The van der Waals surface area contributed by atoms with E-state index in [9.17, 15) is 0 Å². The minimum absolute atomic E-state index is 0.535. The molecule has 0 bridgehead atoms. The summed E-state index contributed by atoms with van der Waals surface area (Å²) >= 11 is 1.75. The van der Waals surface area contributed by atoms with Crippen molar-refractivity contribution in [3.8, 4) is 11.5 Å². The fourth-order valence-electron chi connectivity index (χ4n) is 1.87. The van der Waals surface area contributed by atoms with Gasteiger partial charge in [0.05, 0.1) is 0 Å². The molecule has 2 rings (SSSR count). The fraction of sp³-hybridized carbons (Fsp3) is 0.571. The fourth-order valence-corrected chi connectivity index (χ4v) is 2.49. The van der Waals surface area contributed by atoms with Crippen LogP contribution in [0.4, 0.5) is 0 Å². The maximum Gasteiger partial charge on any atom is 0.162 e. The van der Waals surface area contributed by atoms with Gasteiger partial charge in [0.15, 0.2) is 11.5 Å². The highest BCUT2D eigenvalue weighted by atomic mass is 32.2. The Hall–Kier alpha value is -0.870. The molecule has 1 unspecified atom stereocenters. The highest BCUT2D eigenvalue weighted by Crippen LogP contribution is 2.36. The van der Waals surface area contributed by atoms with Gasteiger partial charge in [-0.25, -0.2) is 0 Å². The molecule has 0 radical (unpaired) electrons. The number of ether oxygens (including phenoxy) is 2. The average Bonchev–Trinajstić information content (AvgIpc) is 2.43. The lowest BCUT2D eigenvalue weighted by Gasteiger charge is -2.21. The molecule has 0 amide bonds. The Balaban J connectivity index is 2.17. The van der Waals surface area contributed by atoms with Crippen LogP contribution in [-0.2, 0) is 6.54 Å². The van der Waals surface area contributed by atoms with Gasteiger partial charge in [0, 0.05) is 17.5 Å². The number of rotatable bonds is 5. The van der Waals surface area contributed by atoms with Crippen molar-refractivity contribution in [2.45, 2.75) is 37.8 Å². The maximum absolute atomic E-state index is 5.63. The van der Waals surface area contributed by atoms with Crippen molar-refractivity contribution in [3.05, 3.63) is 17.7 Å². The summed E-state index contributed by atoms with van der Waals surface area (Å²) in [5.74, 6) is 1.75. The van der Waals surface area contributed by atoms with Crippen LogP contribution >= 0.6 is 11.8 Å². The van der Waals surface area contributed by atoms with Crippen LogP contribution in [0.2, 0.25) is 0 Å². The zero-order chi connectivity index (χ0) is 13.0. The Morgan fingerprint density at radius 3 is 2.56 bits per heavy atom. The molecule has 3 nitrogen and oxygen atoms in total. The zero-order valence-corrected chi connectivity index (χ0v) is 12.1. The van der Waals surface area contributed by atoms with Crippen molar-refractivity contribution in [2.75, 3.05) is 19.5 Å². The topological polar surface area (TPSA) is 30.5 Å². The largest absolute Gasteiger partial charge is 0.486 e. The SMILES string of the molecule is CCC(C)NCc1cc2c(cc1SC)OCCO2. The second-order valence-electron chi connectivity index (χ2n) is 4.50. The monoisotopic (exact) mass is 267 g/mol. The lowest BCUT2D eigenvalue weighted by Crippen LogP contribution is -2.25. The van der Waals surface area contributed by atoms with E-state index in [4.69, 9.17) is 9.47 Å². The molecule has 0 aliphatic carbocycles. The van der Waals surface area contributed by atoms with E-state index in [1.807, 2.05) is 0 Å². The van der Waals surface area contributed by atoms with Crippen molar-refractivity contribution in [1.82, 2.24) is 5.32 Å². The number of hydrogen-bond donors (Lipinski definition) is 1. The minimum atomic E-state index is 0.535. The van der Waals surface area contributed by atoms with E-state index in [2.05, 4.69) is 37.6 Å². The van der Waals surface area contributed by atoms with Gasteiger partial charge in [-0.15, -0.1) is 11.8 Å². The van der Waals surface area contributed by atoms with Crippen molar-refractivity contribution in [1.29, 1.82) is 0 Å². The van der Waals surface area contributed by atoms with Crippen LogP contribution in [0.3, 0.4) is 0 Å². The normalized spacial score (nSPS) is 15.5. The van der Waals surface area contributed by atoms with Crippen molar-refractivity contribution in [3.63, 3.8) is 0 Å². The van der Waals surface area contributed by atoms with Crippen LogP contribution in [0.1, 0.15) is 25.8 Å². The number of fused-ring (bicyclic) bond motifs is 1. The lowest BCUT2D eigenvalue weighted by molar-refractivity contribution is 0.171. The summed E-state index contributed by atoms with van der Waals surface area (Å²) in [7, 11) is 0. The molecule has 1 aromatic rings. The van der Waals surface area contributed by atoms with Crippen LogP contribution in [0.5, 0.6) is 11.5 Å². The molecule has 0 fully saturated rings. The van der Waals surface area contributed by atoms with Gasteiger partial charge in [-0.05, 0) is 37.3 Å². The summed E-state index contributed by atoms with van der Waals surface area (Å²) < 4.78 is 11.2. The van der Waals surface area contributed by atoms with Crippen LogP contribution in [0.25, 0.3) is 0 Å². The molecular weight excluding hydrogens is 246 g/mol. The minimum Gasteiger partial charge on any atom is -0.486 e. The molecule has 1 N–H and O–H groups in total. The molecule has 100 valence electrons. The molecule has 1 aromatic carbocycles. The molecule has 18 heavy (non-hydrogen) atoms. The number of hydrogen-bond acceptors (Lipinski definition) is 4. The van der Waals surface area contributed by atoms with Crippen molar-refractivity contribution in [2.24, 2.45) is 0 Å². The average molecular weight is 267 g/mol. The molecular formula is C14H21NO2S. The van der Waals surface area contributed by atoms with Crippen LogP contribution < -0.4 is 14.8 Å². The summed E-state index contributed by atoms with van der Waals surface area (Å²) in [6.07, 6.45) is 3.23. The highest BCUT2D eigenvalue weighted by Gasteiger charge is 2.15. The van der Waals surface area contributed by atoms with Gasteiger partial charge in [-0.2, -0.15) is 0 Å². The Labute approximate surface area is 113 Å². The second kappa shape index (κ2) is 6.34. The Morgan fingerprint density at radius 2 is 1.94 bits per heavy atom. The van der Waals surface area contributed by atoms with E-state index in [0.29, 0.717) is 19.3 Å². The predicted molar refractivity (Wildman–Crippen MR) is 75.8 cm³/mol. The quantitative estimate of drug-likeness (QED) is 0.831. The Kier molecular flexibility index (Phi) is 4.78. The molecule has 4 heteroatoms. The van der Waals surface area contributed by atoms with Crippen LogP contribution in [-0.4, -0.2) is 25.5 Å². The standard InChI is InChI=1S/C14H21NO2S/c1-4-10(2)15-9-11-7-12-13(8-14(11)18-3)17-6-5-16-12/h7-8,10,15H,4-6,9H2,1-3H3. The third-order valence-corrected chi connectivity index (χ3v) is 4.02. The van der Waals surface area contributed by atoms with Gasteiger partial charge >= 0.3 is 0 Å². The first-order valence-electron chi connectivity index (χ1n) is 6.44. The molecule has 0 saturated carbocycles. The second-order valence-corrected chi connectivity index (χ2v) is 5.35. The molecule has 1 heterocycles. The van der Waals surface area contributed by atoms with E-state index in [-0.39, 0.29) is 0 Å². The van der Waals surface area contributed by atoms with Gasteiger partial charge in [0.25, 0.3) is 0 Å². The predicted octanol–water partition coefficient (Wildman–Crippen LogP) is 3.07. The summed E-state index contributed by atoms with van der Waals surface area (Å²) in [4.78, 5) is 1.26. The maximum atomic E-state index is 5.63. The van der Waals surface area contributed by atoms with E-state index >= 15 is 0 Å². The van der Waals surface area contributed by atoms with Crippen molar-refractivity contribution >= 4 is 11.8 Å². The first-order chi connectivity index (χ1) is 8.74. The molecule has 1 aliphatic heterocycles. The number of benzene rings is 1. The highest BCUT2D eigenvalue weighted by molar-refractivity contribution is 7.98. The summed E-state index contributed by atoms with van der Waals surface area (Å²) in [5, 5.41) is 3.52. The van der Waals surface area contributed by atoms with Gasteiger partial charge in [0.2, 0.25) is 0 Å². The number of nitrogens with one attached hydrogen (secondary N) is 1. The van der Waals surface area contributed by atoms with Crippen LogP contribution in [0, 0.1) is 0 Å². The Bertz CT molecular complexity index is 409. The van der Waals surface area contributed by atoms with Crippen LogP contribution in [0.15, 0.2) is 17.0 Å². The Morgan fingerprint density at radius 1 is 1.28 bits per heavy atom. The van der Waals surface area contributed by atoms with E-state index in [0.717, 1.165) is 24.5 Å². The van der Waals surface area contributed by atoms with Gasteiger partial charge < -0.3 is 14.8 Å².